The number of hydrogen-bond donors (Lipinski definition) is 2. The number of hydrogen-bond acceptors (Lipinski definition) is 6. The SMILES string of the molecule is CC(C)(C)OC(=O)CC[C@@H]1N[C@H](C(=O)OC(C)(C)C)CC1O. The van der Waals surface area contributed by atoms with Crippen LogP contribution in [-0.2, 0) is 19.1 Å². The van der Waals surface area contributed by atoms with Crippen LogP contribution in [0, 0.1) is 0 Å². The summed E-state index contributed by atoms with van der Waals surface area (Å²) >= 11 is 0. The monoisotopic (exact) mass is 315 g/mol. The number of aliphatic hydroxyl groups excluding tert-OH is 1. The standard InChI is InChI=1S/C16H29NO5/c1-15(2,3)21-13(19)8-7-10-12(18)9-11(17-10)14(20)22-16(4,5)6/h10-12,17-18H,7-9H2,1-6H3/t10-,11-,12?/m0/s1. The Labute approximate surface area is 132 Å². The van der Waals surface area contributed by atoms with E-state index in [0.29, 0.717) is 12.8 Å². The van der Waals surface area contributed by atoms with Crippen molar-refractivity contribution in [2.45, 2.75) is 90.2 Å². The van der Waals surface area contributed by atoms with Crippen molar-refractivity contribution in [3.63, 3.8) is 0 Å². The zero-order valence-corrected chi connectivity index (χ0v) is 14.4. The third kappa shape index (κ3) is 6.75. The third-order valence-corrected chi connectivity index (χ3v) is 3.13. The molecule has 2 N–H and O–H groups in total. The zero-order chi connectivity index (χ0) is 17.1. The summed E-state index contributed by atoms with van der Waals surface area (Å²) in [5.74, 6) is -0.673. The second-order valence-corrected chi connectivity index (χ2v) is 7.79. The van der Waals surface area contributed by atoms with Gasteiger partial charge >= 0.3 is 11.9 Å². The number of aliphatic hydroxyl groups is 1. The first-order valence-electron chi connectivity index (χ1n) is 7.76. The Balaban J connectivity index is 2.44. The molecule has 0 aromatic rings. The second-order valence-electron chi connectivity index (χ2n) is 7.79. The molecule has 1 aliphatic heterocycles. The van der Waals surface area contributed by atoms with Gasteiger partial charge in [0.25, 0.3) is 0 Å². The molecular weight excluding hydrogens is 286 g/mol. The van der Waals surface area contributed by atoms with Gasteiger partial charge in [-0.25, -0.2) is 0 Å². The maximum absolute atomic E-state index is 12.0. The fraction of sp³-hybridized carbons (Fsp3) is 0.875. The lowest BCUT2D eigenvalue weighted by Gasteiger charge is -2.22. The van der Waals surface area contributed by atoms with Crippen molar-refractivity contribution in [3.05, 3.63) is 0 Å². The van der Waals surface area contributed by atoms with E-state index in [0.717, 1.165) is 0 Å². The van der Waals surface area contributed by atoms with Crippen molar-refractivity contribution in [2.24, 2.45) is 0 Å². The van der Waals surface area contributed by atoms with E-state index < -0.39 is 23.3 Å². The predicted octanol–water partition coefficient (Wildman–Crippen LogP) is 1.54. The minimum Gasteiger partial charge on any atom is -0.460 e. The first-order valence-corrected chi connectivity index (χ1v) is 7.76. The largest absolute Gasteiger partial charge is 0.460 e. The molecule has 0 aromatic carbocycles. The minimum absolute atomic E-state index is 0.201. The van der Waals surface area contributed by atoms with Crippen LogP contribution < -0.4 is 5.32 Å². The summed E-state index contributed by atoms with van der Waals surface area (Å²) in [6, 6.07) is -0.831. The van der Waals surface area contributed by atoms with Gasteiger partial charge < -0.3 is 14.6 Å². The van der Waals surface area contributed by atoms with Crippen LogP contribution in [0.15, 0.2) is 0 Å². The zero-order valence-electron chi connectivity index (χ0n) is 14.4. The molecule has 0 amide bonds. The van der Waals surface area contributed by atoms with E-state index in [1.807, 2.05) is 20.8 Å². The van der Waals surface area contributed by atoms with E-state index in [-0.39, 0.29) is 24.4 Å². The van der Waals surface area contributed by atoms with E-state index in [1.54, 1.807) is 20.8 Å². The molecule has 0 aliphatic carbocycles. The van der Waals surface area contributed by atoms with E-state index in [4.69, 9.17) is 9.47 Å². The van der Waals surface area contributed by atoms with Crippen molar-refractivity contribution in [1.82, 2.24) is 5.32 Å². The first-order chi connectivity index (χ1) is 9.87. The number of nitrogens with one attached hydrogen (secondary N) is 1. The summed E-state index contributed by atoms with van der Waals surface area (Å²) < 4.78 is 10.5. The molecule has 0 aromatic heterocycles. The van der Waals surface area contributed by atoms with Crippen LogP contribution in [0.25, 0.3) is 0 Å². The Kier molecular flexibility index (Phi) is 5.98. The van der Waals surface area contributed by atoms with Gasteiger partial charge in [0.05, 0.1) is 6.10 Å². The second kappa shape index (κ2) is 6.96. The Morgan fingerprint density at radius 1 is 1.09 bits per heavy atom. The molecule has 1 rings (SSSR count). The molecule has 0 bridgehead atoms. The average molecular weight is 315 g/mol. The molecule has 0 saturated carbocycles. The van der Waals surface area contributed by atoms with Gasteiger partial charge in [0, 0.05) is 18.9 Å². The van der Waals surface area contributed by atoms with Crippen molar-refractivity contribution in [2.75, 3.05) is 0 Å². The molecule has 6 nitrogen and oxygen atoms in total. The van der Waals surface area contributed by atoms with Crippen molar-refractivity contribution >= 4 is 11.9 Å². The molecule has 22 heavy (non-hydrogen) atoms. The van der Waals surface area contributed by atoms with Crippen LogP contribution in [0.5, 0.6) is 0 Å². The van der Waals surface area contributed by atoms with Gasteiger partial charge in [0.15, 0.2) is 0 Å². The van der Waals surface area contributed by atoms with Crippen LogP contribution in [0.2, 0.25) is 0 Å². The Bertz CT molecular complexity index is 408. The van der Waals surface area contributed by atoms with E-state index in [9.17, 15) is 14.7 Å². The van der Waals surface area contributed by atoms with Gasteiger partial charge in [0.1, 0.15) is 17.2 Å². The van der Waals surface area contributed by atoms with E-state index >= 15 is 0 Å². The van der Waals surface area contributed by atoms with Gasteiger partial charge in [-0.1, -0.05) is 0 Å². The average Bonchev–Trinajstić information content (AvgIpc) is 2.63. The molecule has 0 radical (unpaired) electrons. The number of carbonyl (C=O) groups excluding carboxylic acids is 2. The first kappa shape index (κ1) is 18.9. The number of carbonyl (C=O) groups is 2. The highest BCUT2D eigenvalue weighted by Crippen LogP contribution is 2.21. The summed E-state index contributed by atoms with van der Waals surface area (Å²) in [5, 5.41) is 13.1. The quantitative estimate of drug-likeness (QED) is 0.766. The van der Waals surface area contributed by atoms with E-state index in [1.165, 1.54) is 0 Å². The van der Waals surface area contributed by atoms with Gasteiger partial charge in [-0.05, 0) is 48.0 Å². The highest BCUT2D eigenvalue weighted by molar-refractivity contribution is 5.77. The van der Waals surface area contributed by atoms with Gasteiger partial charge in [-0.15, -0.1) is 0 Å². The summed E-state index contributed by atoms with van der Waals surface area (Å²) in [5.41, 5.74) is -1.07. The van der Waals surface area contributed by atoms with Crippen molar-refractivity contribution in [3.8, 4) is 0 Å². The summed E-state index contributed by atoms with van der Waals surface area (Å²) in [7, 11) is 0. The fourth-order valence-electron chi connectivity index (χ4n) is 2.32. The topological polar surface area (TPSA) is 84.9 Å². The van der Waals surface area contributed by atoms with Crippen LogP contribution in [-0.4, -0.2) is 46.4 Å². The maximum atomic E-state index is 12.0. The lowest BCUT2D eigenvalue weighted by molar-refractivity contribution is -0.157. The van der Waals surface area contributed by atoms with Gasteiger partial charge in [-0.3, -0.25) is 14.9 Å². The molecule has 0 spiro atoms. The Morgan fingerprint density at radius 3 is 2.14 bits per heavy atom. The fourth-order valence-corrected chi connectivity index (χ4v) is 2.32. The highest BCUT2D eigenvalue weighted by Gasteiger charge is 2.38. The molecule has 1 unspecified atom stereocenters. The lowest BCUT2D eigenvalue weighted by atomic mass is 10.1. The van der Waals surface area contributed by atoms with Crippen LogP contribution in [0.1, 0.15) is 60.8 Å². The number of esters is 2. The predicted molar refractivity (Wildman–Crippen MR) is 82.3 cm³/mol. The normalized spacial score (nSPS) is 25.9. The van der Waals surface area contributed by atoms with Crippen molar-refractivity contribution in [1.29, 1.82) is 0 Å². The molecule has 128 valence electrons. The minimum atomic E-state index is -0.667. The number of rotatable bonds is 4. The summed E-state index contributed by atoms with van der Waals surface area (Å²) in [6.45, 7) is 10.8. The molecule has 1 fully saturated rings. The van der Waals surface area contributed by atoms with Gasteiger partial charge in [-0.2, -0.15) is 0 Å². The van der Waals surface area contributed by atoms with Crippen LogP contribution in [0.4, 0.5) is 0 Å². The summed E-state index contributed by atoms with van der Waals surface area (Å²) in [4.78, 5) is 23.7. The van der Waals surface area contributed by atoms with Crippen LogP contribution >= 0.6 is 0 Å². The molecular formula is C16H29NO5. The third-order valence-electron chi connectivity index (χ3n) is 3.13. The lowest BCUT2D eigenvalue weighted by Crippen LogP contribution is -2.40. The Hall–Kier alpha value is -1.14. The molecule has 3 atom stereocenters. The highest BCUT2D eigenvalue weighted by atomic mass is 16.6. The molecule has 1 saturated heterocycles. The smallest absolute Gasteiger partial charge is 0.323 e. The van der Waals surface area contributed by atoms with Crippen molar-refractivity contribution < 1.29 is 24.2 Å². The number of ether oxygens (including phenoxy) is 2. The summed E-state index contributed by atoms with van der Waals surface area (Å²) in [6.07, 6.45) is 0.260. The molecule has 1 aliphatic rings. The Morgan fingerprint density at radius 2 is 1.64 bits per heavy atom. The van der Waals surface area contributed by atoms with Gasteiger partial charge in [0.2, 0.25) is 0 Å². The molecule has 6 heteroatoms. The molecule has 1 heterocycles. The van der Waals surface area contributed by atoms with E-state index in [2.05, 4.69) is 5.32 Å². The maximum Gasteiger partial charge on any atom is 0.323 e. The van der Waals surface area contributed by atoms with Crippen LogP contribution in [0.3, 0.4) is 0 Å².